The Morgan fingerprint density at radius 3 is 2.44 bits per heavy atom. The van der Waals surface area contributed by atoms with Crippen molar-refractivity contribution in [3.05, 3.63) is 86.4 Å². The maximum atomic E-state index is 13.3. The number of anilines is 1. The molecule has 0 N–H and O–H groups in total. The summed E-state index contributed by atoms with van der Waals surface area (Å²) in [7, 11) is 0. The van der Waals surface area contributed by atoms with E-state index in [1.54, 1.807) is 12.1 Å². The van der Waals surface area contributed by atoms with Crippen molar-refractivity contribution in [3.8, 4) is 0 Å². The zero-order valence-corrected chi connectivity index (χ0v) is 16.7. The Morgan fingerprint density at radius 1 is 0.963 bits per heavy atom. The molecule has 27 heavy (non-hydrogen) atoms. The summed E-state index contributed by atoms with van der Waals surface area (Å²) in [5.41, 5.74) is 1.79. The predicted octanol–water partition coefficient (Wildman–Crippen LogP) is 5.79. The summed E-state index contributed by atoms with van der Waals surface area (Å²) in [6.45, 7) is 1.86. The molecule has 1 aromatic heterocycles. The number of carbonyl (C=O) groups excluding carboxylic acids is 2. The lowest BCUT2D eigenvalue weighted by Gasteiger charge is -2.18. The zero-order valence-electron chi connectivity index (χ0n) is 14.3. The molecule has 1 aliphatic heterocycles. The first-order chi connectivity index (χ1) is 13.1. The van der Waals surface area contributed by atoms with Crippen LogP contribution in [0.2, 0.25) is 5.02 Å². The van der Waals surface area contributed by atoms with Crippen molar-refractivity contribution >= 4 is 57.8 Å². The maximum absolute atomic E-state index is 13.3. The van der Waals surface area contributed by atoms with Gasteiger partial charge in [0.1, 0.15) is 0 Å². The molecule has 134 valence electrons. The quantitative estimate of drug-likeness (QED) is 0.510. The van der Waals surface area contributed by atoms with Crippen molar-refractivity contribution in [1.82, 2.24) is 0 Å². The van der Waals surface area contributed by atoms with Gasteiger partial charge in [-0.3, -0.25) is 9.59 Å². The molecule has 3 aromatic rings. The fourth-order valence-corrected chi connectivity index (χ4v) is 4.90. The zero-order chi connectivity index (χ0) is 19.0. The van der Waals surface area contributed by atoms with E-state index in [0.717, 1.165) is 15.3 Å². The highest BCUT2D eigenvalue weighted by Crippen LogP contribution is 2.43. The van der Waals surface area contributed by atoms with Crippen molar-refractivity contribution in [1.29, 1.82) is 0 Å². The van der Waals surface area contributed by atoms with Crippen LogP contribution in [0.4, 0.5) is 5.69 Å². The van der Waals surface area contributed by atoms with Gasteiger partial charge in [-0.25, -0.2) is 4.90 Å². The first kappa shape index (κ1) is 18.0. The second-order valence-electron chi connectivity index (χ2n) is 5.97. The lowest BCUT2D eigenvalue weighted by molar-refractivity contribution is -0.119. The fraction of sp³-hybridized carbons (Fsp3) is 0.0476. The molecule has 0 atom stereocenters. The number of aryl methyl sites for hydroxylation is 1. The highest BCUT2D eigenvalue weighted by Gasteiger charge is 2.41. The van der Waals surface area contributed by atoms with E-state index >= 15 is 0 Å². The Bertz CT molecular complexity index is 1060. The van der Waals surface area contributed by atoms with Crippen LogP contribution in [-0.2, 0) is 9.59 Å². The Morgan fingerprint density at radius 2 is 1.74 bits per heavy atom. The molecule has 2 aromatic carbocycles. The first-order valence-electron chi connectivity index (χ1n) is 8.22. The molecule has 4 rings (SSSR count). The first-order valence-corrected chi connectivity index (χ1v) is 10.3. The Balaban J connectivity index is 1.83. The van der Waals surface area contributed by atoms with Crippen molar-refractivity contribution in [2.45, 2.75) is 11.8 Å². The van der Waals surface area contributed by atoms with Gasteiger partial charge >= 0.3 is 0 Å². The molecular formula is C21H14ClNO2S2. The summed E-state index contributed by atoms with van der Waals surface area (Å²) in [5, 5.41) is 2.39. The predicted molar refractivity (Wildman–Crippen MR) is 112 cm³/mol. The fourth-order valence-electron chi connectivity index (χ4n) is 2.89. The summed E-state index contributed by atoms with van der Waals surface area (Å²) >= 11 is 8.89. The minimum Gasteiger partial charge on any atom is -0.268 e. The van der Waals surface area contributed by atoms with Crippen LogP contribution in [0.25, 0.3) is 5.57 Å². The molecule has 0 saturated heterocycles. The average Bonchev–Trinajstić information content (AvgIpc) is 3.26. The molecule has 0 fully saturated rings. The highest BCUT2D eigenvalue weighted by molar-refractivity contribution is 8.04. The van der Waals surface area contributed by atoms with Gasteiger partial charge in [-0.15, -0.1) is 11.3 Å². The number of hydrogen-bond acceptors (Lipinski definition) is 4. The van der Waals surface area contributed by atoms with Gasteiger partial charge in [0.15, 0.2) is 0 Å². The van der Waals surface area contributed by atoms with Crippen LogP contribution in [0.3, 0.4) is 0 Å². The van der Waals surface area contributed by atoms with E-state index in [0.29, 0.717) is 21.2 Å². The van der Waals surface area contributed by atoms with Crippen LogP contribution >= 0.6 is 34.7 Å². The third kappa shape index (κ3) is 3.34. The number of benzene rings is 2. The Kier molecular flexibility index (Phi) is 4.91. The van der Waals surface area contributed by atoms with E-state index in [-0.39, 0.29) is 11.8 Å². The number of hydrogen-bond donors (Lipinski definition) is 0. The van der Waals surface area contributed by atoms with Crippen molar-refractivity contribution in [3.63, 3.8) is 0 Å². The average molecular weight is 412 g/mol. The van der Waals surface area contributed by atoms with E-state index in [4.69, 9.17) is 11.6 Å². The van der Waals surface area contributed by atoms with Crippen LogP contribution in [0.15, 0.2) is 75.8 Å². The lowest BCUT2D eigenvalue weighted by Crippen LogP contribution is -2.31. The van der Waals surface area contributed by atoms with Crippen molar-refractivity contribution in [2.24, 2.45) is 0 Å². The second kappa shape index (κ2) is 7.35. The van der Waals surface area contributed by atoms with Crippen molar-refractivity contribution in [2.75, 3.05) is 4.90 Å². The molecule has 0 radical (unpaired) electrons. The van der Waals surface area contributed by atoms with Gasteiger partial charge in [0.25, 0.3) is 11.8 Å². The van der Waals surface area contributed by atoms with Gasteiger partial charge in [-0.1, -0.05) is 53.7 Å². The summed E-state index contributed by atoms with van der Waals surface area (Å²) in [5.74, 6) is -0.631. The van der Waals surface area contributed by atoms with E-state index in [1.165, 1.54) is 28.0 Å². The largest absolute Gasteiger partial charge is 0.272 e. The minimum atomic E-state index is -0.317. The number of thioether (sulfide) groups is 1. The van der Waals surface area contributed by atoms with Crippen LogP contribution in [-0.4, -0.2) is 11.8 Å². The molecule has 3 nitrogen and oxygen atoms in total. The summed E-state index contributed by atoms with van der Waals surface area (Å²) in [6.07, 6.45) is 0. The molecule has 0 unspecified atom stereocenters. The number of imide groups is 1. The molecule has 0 bridgehead atoms. The number of amides is 2. The Hall–Kier alpha value is -2.34. The molecule has 1 aliphatic rings. The maximum Gasteiger partial charge on any atom is 0.272 e. The van der Waals surface area contributed by atoms with Gasteiger partial charge in [-0.05, 0) is 48.2 Å². The molecular weight excluding hydrogens is 398 g/mol. The Labute approximate surface area is 170 Å². The number of nitrogens with zero attached hydrogens (tertiary/aromatic N) is 1. The van der Waals surface area contributed by atoms with Gasteiger partial charge in [0, 0.05) is 14.8 Å². The molecule has 0 aliphatic carbocycles. The topological polar surface area (TPSA) is 37.4 Å². The van der Waals surface area contributed by atoms with E-state index < -0.39 is 0 Å². The smallest absolute Gasteiger partial charge is 0.268 e. The molecule has 6 heteroatoms. The second-order valence-corrected chi connectivity index (χ2v) is 8.44. The normalized spacial score (nSPS) is 14.4. The molecule has 2 amide bonds. The highest BCUT2D eigenvalue weighted by atomic mass is 35.5. The van der Waals surface area contributed by atoms with E-state index in [2.05, 4.69) is 0 Å². The molecule has 0 spiro atoms. The third-order valence-electron chi connectivity index (χ3n) is 4.18. The van der Waals surface area contributed by atoms with Crippen LogP contribution in [0.5, 0.6) is 0 Å². The van der Waals surface area contributed by atoms with Crippen molar-refractivity contribution < 1.29 is 9.59 Å². The number of rotatable bonds is 4. The SMILES string of the molecule is Cc1ccc(Cl)cc1N1C(=O)C(Sc2ccccc2)=C(c2cccs2)C1=O. The number of thiophene rings is 1. The van der Waals surface area contributed by atoms with Gasteiger partial charge < -0.3 is 0 Å². The molecule has 0 saturated carbocycles. The monoisotopic (exact) mass is 411 g/mol. The van der Waals surface area contributed by atoms with E-state index in [1.807, 2.05) is 60.8 Å². The number of carbonyl (C=O) groups is 2. The number of halogens is 1. The third-order valence-corrected chi connectivity index (χ3v) is 6.40. The molecule has 2 heterocycles. The van der Waals surface area contributed by atoms with Gasteiger partial charge in [0.2, 0.25) is 0 Å². The van der Waals surface area contributed by atoms with Gasteiger partial charge in [-0.2, -0.15) is 0 Å². The van der Waals surface area contributed by atoms with Crippen LogP contribution in [0.1, 0.15) is 10.4 Å². The van der Waals surface area contributed by atoms with E-state index in [9.17, 15) is 9.59 Å². The summed E-state index contributed by atoms with van der Waals surface area (Å²) in [4.78, 5) is 29.9. The van der Waals surface area contributed by atoms with Crippen LogP contribution in [0, 0.1) is 6.92 Å². The lowest BCUT2D eigenvalue weighted by atomic mass is 10.1. The van der Waals surface area contributed by atoms with Crippen LogP contribution < -0.4 is 4.90 Å². The van der Waals surface area contributed by atoms with Gasteiger partial charge in [0.05, 0.1) is 16.2 Å². The minimum absolute atomic E-state index is 0.314. The summed E-state index contributed by atoms with van der Waals surface area (Å²) in [6, 6.07) is 18.6. The standard InChI is InChI=1S/C21H14ClNO2S2/c1-13-9-10-14(22)12-16(13)23-20(24)18(17-8-5-11-26-17)19(21(23)25)27-15-6-3-2-4-7-15/h2-12H,1H3. The summed E-state index contributed by atoms with van der Waals surface area (Å²) < 4.78 is 0.